The number of nitro groups is 1. The van der Waals surface area contributed by atoms with Crippen molar-refractivity contribution in [2.45, 2.75) is 33.7 Å². The van der Waals surface area contributed by atoms with Crippen molar-refractivity contribution in [1.82, 2.24) is 10.1 Å². The van der Waals surface area contributed by atoms with Crippen LogP contribution in [0.2, 0.25) is 0 Å². The second kappa shape index (κ2) is 5.28. The van der Waals surface area contributed by atoms with Gasteiger partial charge < -0.3 is 9.84 Å². The molecule has 7 heteroatoms. The van der Waals surface area contributed by atoms with Crippen LogP contribution in [0, 0.1) is 30.9 Å². The second-order valence-electron chi connectivity index (χ2n) is 4.72. The van der Waals surface area contributed by atoms with Gasteiger partial charge in [-0.2, -0.15) is 0 Å². The highest BCUT2D eigenvalue weighted by molar-refractivity contribution is 5.48. The molecule has 0 radical (unpaired) electrons. The molecule has 7 nitrogen and oxygen atoms in total. The van der Waals surface area contributed by atoms with Gasteiger partial charge in [0.15, 0.2) is 0 Å². The third-order valence-electron chi connectivity index (χ3n) is 3.17. The number of rotatable bonds is 4. The van der Waals surface area contributed by atoms with Crippen molar-refractivity contribution in [1.29, 1.82) is 0 Å². The molecule has 0 fully saturated rings. The molecule has 2 heterocycles. The van der Waals surface area contributed by atoms with E-state index in [1.807, 2.05) is 20.8 Å². The average molecular weight is 276 g/mol. The first-order chi connectivity index (χ1) is 9.40. The maximum absolute atomic E-state index is 10.8. The van der Waals surface area contributed by atoms with Crippen LogP contribution < -0.4 is 5.32 Å². The molecule has 2 aromatic heterocycles. The lowest BCUT2D eigenvalue weighted by Crippen LogP contribution is -2.10. The number of hydrogen-bond donors (Lipinski definition) is 1. The molecule has 0 aliphatic carbocycles. The molecule has 0 aromatic carbocycles. The molecule has 0 saturated heterocycles. The van der Waals surface area contributed by atoms with Crippen LogP contribution in [0.5, 0.6) is 0 Å². The van der Waals surface area contributed by atoms with Gasteiger partial charge in [-0.25, -0.2) is 4.98 Å². The Balaban J connectivity index is 2.22. The maximum Gasteiger partial charge on any atom is 0.290 e. The quantitative estimate of drug-likeness (QED) is 0.681. The molecule has 2 rings (SSSR count). The molecule has 0 aliphatic heterocycles. The van der Waals surface area contributed by atoms with Gasteiger partial charge in [0.05, 0.1) is 16.7 Å². The number of anilines is 1. The van der Waals surface area contributed by atoms with E-state index in [9.17, 15) is 10.1 Å². The summed E-state index contributed by atoms with van der Waals surface area (Å²) in [5, 5.41) is 17.9. The predicted octanol–water partition coefficient (Wildman–Crippen LogP) is 3.08. The van der Waals surface area contributed by atoms with Crippen molar-refractivity contribution >= 4 is 11.5 Å². The number of hydrogen-bond acceptors (Lipinski definition) is 6. The van der Waals surface area contributed by atoms with Crippen LogP contribution in [-0.4, -0.2) is 15.1 Å². The largest absolute Gasteiger partial charge is 0.363 e. The van der Waals surface area contributed by atoms with E-state index >= 15 is 0 Å². The minimum atomic E-state index is -0.441. The molecule has 2 aromatic rings. The number of pyridine rings is 1. The van der Waals surface area contributed by atoms with Gasteiger partial charge in [0.1, 0.15) is 17.8 Å². The Kier molecular flexibility index (Phi) is 3.69. The summed E-state index contributed by atoms with van der Waals surface area (Å²) in [5.74, 6) is 1.33. The van der Waals surface area contributed by atoms with E-state index in [0.29, 0.717) is 11.4 Å². The van der Waals surface area contributed by atoms with Crippen molar-refractivity contribution < 1.29 is 9.45 Å². The van der Waals surface area contributed by atoms with Gasteiger partial charge >= 0.3 is 0 Å². The van der Waals surface area contributed by atoms with Crippen LogP contribution in [0.1, 0.15) is 35.5 Å². The third kappa shape index (κ3) is 2.61. The summed E-state index contributed by atoms with van der Waals surface area (Å²) in [6.07, 6.45) is 1.26. The molecule has 0 bridgehead atoms. The number of aromatic nitrogens is 2. The molecule has 20 heavy (non-hydrogen) atoms. The lowest BCUT2D eigenvalue weighted by molar-refractivity contribution is -0.385. The number of nitrogens with zero attached hydrogens (tertiary/aromatic N) is 3. The average Bonchev–Trinajstić information content (AvgIpc) is 2.68. The van der Waals surface area contributed by atoms with Crippen LogP contribution in [0.25, 0.3) is 0 Å². The fourth-order valence-electron chi connectivity index (χ4n) is 2.22. The Morgan fingerprint density at radius 1 is 1.40 bits per heavy atom. The van der Waals surface area contributed by atoms with Crippen LogP contribution in [0.15, 0.2) is 16.8 Å². The number of nitrogens with one attached hydrogen (secondary N) is 1. The van der Waals surface area contributed by atoms with Gasteiger partial charge in [0.25, 0.3) is 5.69 Å². The summed E-state index contributed by atoms with van der Waals surface area (Å²) >= 11 is 0. The summed E-state index contributed by atoms with van der Waals surface area (Å²) in [6, 6.07) is 1.61. The maximum atomic E-state index is 10.8. The lowest BCUT2D eigenvalue weighted by Gasteiger charge is -2.14. The summed E-state index contributed by atoms with van der Waals surface area (Å²) in [6.45, 7) is 7.37. The zero-order chi connectivity index (χ0) is 14.9. The summed E-state index contributed by atoms with van der Waals surface area (Å²) in [5.41, 5.74) is 2.38. The first-order valence-electron chi connectivity index (χ1n) is 6.20. The Labute approximate surface area is 116 Å². The highest BCUT2D eigenvalue weighted by Gasteiger charge is 2.18. The van der Waals surface area contributed by atoms with Gasteiger partial charge in [0, 0.05) is 11.1 Å². The molecule has 1 unspecified atom stereocenters. The van der Waals surface area contributed by atoms with E-state index in [1.54, 1.807) is 13.0 Å². The smallest absolute Gasteiger partial charge is 0.290 e. The highest BCUT2D eigenvalue weighted by atomic mass is 16.6. The first kappa shape index (κ1) is 14.0. The predicted molar refractivity (Wildman–Crippen MR) is 73.6 cm³/mol. The van der Waals surface area contributed by atoms with Gasteiger partial charge in [-0.3, -0.25) is 10.1 Å². The van der Waals surface area contributed by atoms with Crippen molar-refractivity contribution in [2.75, 3.05) is 5.32 Å². The van der Waals surface area contributed by atoms with Crippen LogP contribution in [0.4, 0.5) is 11.5 Å². The van der Waals surface area contributed by atoms with E-state index in [0.717, 1.165) is 17.0 Å². The Bertz CT molecular complexity index is 632. The molecule has 0 spiro atoms. The fourth-order valence-corrected chi connectivity index (χ4v) is 2.22. The highest BCUT2D eigenvalue weighted by Crippen LogP contribution is 2.26. The second-order valence-corrected chi connectivity index (χ2v) is 4.72. The minimum Gasteiger partial charge on any atom is -0.363 e. The Morgan fingerprint density at radius 3 is 2.60 bits per heavy atom. The zero-order valence-electron chi connectivity index (χ0n) is 11.8. The number of aryl methyl sites for hydroxylation is 3. The monoisotopic (exact) mass is 276 g/mol. The van der Waals surface area contributed by atoms with Gasteiger partial charge in [-0.15, -0.1) is 0 Å². The standard InChI is InChI=1S/C13H16N4O3/c1-7-5-12(14-6-11(7)17(18)19)15-8(2)13-9(3)16-20-10(13)4/h5-6,8H,1-4H3,(H,14,15). The van der Waals surface area contributed by atoms with Gasteiger partial charge in [0.2, 0.25) is 0 Å². The SMILES string of the molecule is Cc1cc(NC(C)c2c(C)noc2C)ncc1[N+](=O)[O-]. The van der Waals surface area contributed by atoms with Crippen molar-refractivity contribution in [3.05, 3.63) is 45.0 Å². The van der Waals surface area contributed by atoms with Crippen LogP contribution in [0.3, 0.4) is 0 Å². The van der Waals surface area contributed by atoms with E-state index in [-0.39, 0.29) is 11.7 Å². The van der Waals surface area contributed by atoms with Gasteiger partial charge in [-0.05, 0) is 33.8 Å². The molecule has 106 valence electrons. The third-order valence-corrected chi connectivity index (χ3v) is 3.17. The molecule has 0 aliphatic rings. The molecule has 0 amide bonds. The van der Waals surface area contributed by atoms with E-state index in [4.69, 9.17) is 4.52 Å². The van der Waals surface area contributed by atoms with E-state index in [1.165, 1.54) is 6.20 Å². The van der Waals surface area contributed by atoms with Crippen molar-refractivity contribution in [3.8, 4) is 0 Å². The molecule has 1 N–H and O–H groups in total. The summed E-state index contributed by atoms with van der Waals surface area (Å²) < 4.78 is 5.13. The molecular formula is C13H16N4O3. The van der Waals surface area contributed by atoms with Crippen molar-refractivity contribution in [2.24, 2.45) is 0 Å². The van der Waals surface area contributed by atoms with Gasteiger partial charge in [-0.1, -0.05) is 5.16 Å². The fraction of sp³-hybridized carbons (Fsp3) is 0.385. The van der Waals surface area contributed by atoms with E-state index < -0.39 is 4.92 Å². The lowest BCUT2D eigenvalue weighted by atomic mass is 10.1. The topological polar surface area (TPSA) is 94.1 Å². The minimum absolute atomic E-state index is 0.0144. The molecule has 1 atom stereocenters. The van der Waals surface area contributed by atoms with Crippen LogP contribution >= 0.6 is 0 Å². The zero-order valence-corrected chi connectivity index (χ0v) is 11.8. The van der Waals surface area contributed by atoms with Crippen LogP contribution in [-0.2, 0) is 0 Å². The Hall–Kier alpha value is -2.44. The first-order valence-corrected chi connectivity index (χ1v) is 6.20. The normalized spacial score (nSPS) is 12.2. The van der Waals surface area contributed by atoms with Crippen molar-refractivity contribution in [3.63, 3.8) is 0 Å². The van der Waals surface area contributed by atoms with E-state index in [2.05, 4.69) is 15.5 Å². The molecular weight excluding hydrogens is 260 g/mol. The molecule has 0 saturated carbocycles. The Morgan fingerprint density at radius 2 is 2.10 bits per heavy atom. The summed E-state index contributed by atoms with van der Waals surface area (Å²) in [7, 11) is 0. The summed E-state index contributed by atoms with van der Waals surface area (Å²) in [4.78, 5) is 14.4.